The Morgan fingerprint density at radius 2 is 1.30 bits per heavy atom. The van der Waals surface area contributed by atoms with Gasteiger partial charge in [0.05, 0.1) is 21.3 Å². The zero-order valence-electron chi connectivity index (χ0n) is 13.1. The van der Waals surface area contributed by atoms with E-state index in [9.17, 15) is 0 Å². The van der Waals surface area contributed by atoms with Gasteiger partial charge in [0, 0.05) is 11.1 Å². The number of benzene rings is 2. The van der Waals surface area contributed by atoms with Gasteiger partial charge in [-0.05, 0) is 24.3 Å². The first kappa shape index (κ1) is 14.9. The van der Waals surface area contributed by atoms with Crippen LogP contribution in [0.3, 0.4) is 0 Å². The third kappa shape index (κ3) is 2.83. The van der Waals surface area contributed by atoms with Crippen molar-refractivity contribution < 1.29 is 18.6 Å². The van der Waals surface area contributed by atoms with Crippen molar-refractivity contribution >= 4 is 0 Å². The lowest BCUT2D eigenvalue weighted by atomic mass is 10.2. The summed E-state index contributed by atoms with van der Waals surface area (Å²) in [7, 11) is 4.68. The van der Waals surface area contributed by atoms with Gasteiger partial charge in [-0.1, -0.05) is 18.2 Å². The van der Waals surface area contributed by atoms with E-state index >= 15 is 0 Å². The van der Waals surface area contributed by atoms with Gasteiger partial charge in [-0.25, -0.2) is 0 Å². The lowest BCUT2D eigenvalue weighted by Gasteiger charge is -2.12. The van der Waals surface area contributed by atoms with E-state index in [0.717, 1.165) is 5.56 Å². The molecule has 0 radical (unpaired) electrons. The summed E-state index contributed by atoms with van der Waals surface area (Å²) >= 11 is 0. The van der Waals surface area contributed by atoms with Crippen molar-refractivity contribution in [3.05, 3.63) is 42.5 Å². The van der Waals surface area contributed by atoms with E-state index in [1.807, 2.05) is 30.3 Å². The first-order valence-corrected chi connectivity index (χ1v) is 6.96. The van der Waals surface area contributed by atoms with Gasteiger partial charge < -0.3 is 18.6 Å². The van der Waals surface area contributed by atoms with E-state index in [1.54, 1.807) is 33.5 Å². The molecule has 0 bridgehead atoms. The average Bonchev–Trinajstić information content (AvgIpc) is 3.11. The summed E-state index contributed by atoms with van der Waals surface area (Å²) in [6.07, 6.45) is 0. The van der Waals surface area contributed by atoms with E-state index < -0.39 is 0 Å². The first-order chi connectivity index (χ1) is 11.3. The van der Waals surface area contributed by atoms with E-state index in [4.69, 9.17) is 18.6 Å². The predicted molar refractivity (Wildman–Crippen MR) is 84.8 cm³/mol. The summed E-state index contributed by atoms with van der Waals surface area (Å²) in [4.78, 5) is 0. The van der Waals surface area contributed by atoms with E-state index in [-0.39, 0.29) is 0 Å². The van der Waals surface area contributed by atoms with Crippen LogP contribution in [0.15, 0.2) is 46.9 Å². The zero-order valence-corrected chi connectivity index (χ0v) is 13.1. The fourth-order valence-corrected chi connectivity index (χ4v) is 2.24. The standard InChI is InChI=1S/C17H16N2O4/c1-20-13-9-12(10-14(21-2)15(13)22-3)17-19-18-16(23-17)11-7-5-4-6-8-11/h4-10H,1-3H3. The Morgan fingerprint density at radius 3 is 1.83 bits per heavy atom. The molecule has 3 rings (SSSR count). The predicted octanol–water partition coefficient (Wildman–Crippen LogP) is 3.43. The monoisotopic (exact) mass is 312 g/mol. The Labute approximate surface area is 133 Å². The number of hydrogen-bond donors (Lipinski definition) is 0. The highest BCUT2D eigenvalue weighted by Crippen LogP contribution is 2.41. The van der Waals surface area contributed by atoms with Crippen LogP contribution in [0.4, 0.5) is 0 Å². The Morgan fingerprint density at radius 1 is 0.739 bits per heavy atom. The second-order valence-electron chi connectivity index (χ2n) is 4.69. The molecular formula is C17H16N2O4. The van der Waals surface area contributed by atoms with E-state index in [1.165, 1.54) is 0 Å². The van der Waals surface area contributed by atoms with Gasteiger partial charge in [0.2, 0.25) is 17.5 Å². The Balaban J connectivity index is 2.04. The van der Waals surface area contributed by atoms with Crippen LogP contribution in [0, 0.1) is 0 Å². The van der Waals surface area contributed by atoms with Gasteiger partial charge in [0.25, 0.3) is 0 Å². The molecule has 23 heavy (non-hydrogen) atoms. The van der Waals surface area contributed by atoms with Crippen molar-refractivity contribution in [2.45, 2.75) is 0 Å². The molecule has 0 aliphatic heterocycles. The third-order valence-corrected chi connectivity index (χ3v) is 3.36. The normalized spacial score (nSPS) is 10.4. The molecule has 0 saturated carbocycles. The molecule has 0 aliphatic carbocycles. The fourth-order valence-electron chi connectivity index (χ4n) is 2.24. The minimum absolute atomic E-state index is 0.378. The molecular weight excluding hydrogens is 296 g/mol. The summed E-state index contributed by atoms with van der Waals surface area (Å²) in [5.74, 6) is 2.40. The maximum absolute atomic E-state index is 5.75. The summed E-state index contributed by atoms with van der Waals surface area (Å²) in [6, 6.07) is 13.1. The van der Waals surface area contributed by atoms with E-state index in [0.29, 0.717) is 34.6 Å². The third-order valence-electron chi connectivity index (χ3n) is 3.36. The molecule has 118 valence electrons. The maximum Gasteiger partial charge on any atom is 0.248 e. The molecule has 2 aromatic carbocycles. The maximum atomic E-state index is 5.75. The summed E-state index contributed by atoms with van der Waals surface area (Å²) < 4.78 is 21.7. The fraction of sp³-hybridized carbons (Fsp3) is 0.176. The number of hydrogen-bond acceptors (Lipinski definition) is 6. The van der Waals surface area contributed by atoms with Crippen LogP contribution in [-0.2, 0) is 0 Å². The Hall–Kier alpha value is -3.02. The molecule has 0 amide bonds. The van der Waals surface area contributed by atoms with Gasteiger partial charge in [-0.15, -0.1) is 10.2 Å². The van der Waals surface area contributed by atoms with Gasteiger partial charge in [-0.3, -0.25) is 0 Å². The van der Waals surface area contributed by atoms with Crippen LogP contribution in [0.2, 0.25) is 0 Å². The van der Waals surface area contributed by atoms with Crippen LogP contribution in [-0.4, -0.2) is 31.5 Å². The minimum atomic E-state index is 0.378. The largest absolute Gasteiger partial charge is 0.493 e. The van der Waals surface area contributed by atoms with Crippen LogP contribution < -0.4 is 14.2 Å². The Bertz CT molecular complexity index is 774. The molecule has 0 atom stereocenters. The summed E-state index contributed by atoms with van der Waals surface area (Å²) in [5, 5.41) is 8.19. The molecule has 3 aromatic rings. The summed E-state index contributed by atoms with van der Waals surface area (Å²) in [6.45, 7) is 0. The number of methoxy groups -OCH3 is 3. The highest BCUT2D eigenvalue weighted by Gasteiger charge is 2.17. The van der Waals surface area contributed by atoms with Gasteiger partial charge >= 0.3 is 0 Å². The summed E-state index contributed by atoms with van der Waals surface area (Å²) in [5.41, 5.74) is 1.55. The topological polar surface area (TPSA) is 66.6 Å². The highest BCUT2D eigenvalue weighted by atomic mass is 16.5. The number of ether oxygens (including phenoxy) is 3. The second-order valence-corrected chi connectivity index (χ2v) is 4.69. The van der Waals surface area contributed by atoms with Crippen molar-refractivity contribution in [2.24, 2.45) is 0 Å². The second kappa shape index (κ2) is 6.39. The molecule has 0 aliphatic rings. The smallest absolute Gasteiger partial charge is 0.248 e. The lowest BCUT2D eigenvalue weighted by Crippen LogP contribution is -1.95. The number of rotatable bonds is 5. The zero-order chi connectivity index (χ0) is 16.2. The van der Waals surface area contributed by atoms with Gasteiger partial charge in [-0.2, -0.15) is 0 Å². The molecule has 0 N–H and O–H groups in total. The van der Waals surface area contributed by atoms with E-state index in [2.05, 4.69) is 10.2 Å². The molecule has 0 spiro atoms. The first-order valence-electron chi connectivity index (χ1n) is 6.96. The van der Waals surface area contributed by atoms with Crippen LogP contribution in [0.5, 0.6) is 17.2 Å². The van der Waals surface area contributed by atoms with Crippen LogP contribution in [0.1, 0.15) is 0 Å². The molecule has 0 saturated heterocycles. The minimum Gasteiger partial charge on any atom is -0.493 e. The van der Waals surface area contributed by atoms with Crippen molar-refractivity contribution in [1.82, 2.24) is 10.2 Å². The quantitative estimate of drug-likeness (QED) is 0.719. The van der Waals surface area contributed by atoms with Crippen molar-refractivity contribution in [1.29, 1.82) is 0 Å². The average molecular weight is 312 g/mol. The van der Waals surface area contributed by atoms with Gasteiger partial charge in [0.15, 0.2) is 11.5 Å². The lowest BCUT2D eigenvalue weighted by molar-refractivity contribution is 0.324. The van der Waals surface area contributed by atoms with Crippen LogP contribution in [0.25, 0.3) is 22.9 Å². The number of aromatic nitrogens is 2. The van der Waals surface area contributed by atoms with Crippen molar-refractivity contribution in [3.63, 3.8) is 0 Å². The molecule has 6 nitrogen and oxygen atoms in total. The molecule has 0 unspecified atom stereocenters. The number of nitrogens with zero attached hydrogens (tertiary/aromatic N) is 2. The van der Waals surface area contributed by atoms with Crippen molar-refractivity contribution in [3.8, 4) is 40.2 Å². The van der Waals surface area contributed by atoms with Gasteiger partial charge in [0.1, 0.15) is 0 Å². The molecule has 6 heteroatoms. The highest BCUT2D eigenvalue weighted by molar-refractivity contribution is 5.66. The Kier molecular flexibility index (Phi) is 4.14. The SMILES string of the molecule is COc1cc(-c2nnc(-c3ccccc3)o2)cc(OC)c1OC. The molecule has 0 fully saturated rings. The van der Waals surface area contributed by atoms with Crippen LogP contribution >= 0.6 is 0 Å². The molecule has 1 aromatic heterocycles. The van der Waals surface area contributed by atoms with Crippen molar-refractivity contribution in [2.75, 3.05) is 21.3 Å². The molecule has 1 heterocycles.